The number of ether oxygens (including phenoxy) is 2. The molecule has 0 N–H and O–H groups in total. The van der Waals surface area contributed by atoms with Gasteiger partial charge in [0, 0.05) is 25.7 Å². The third-order valence-corrected chi connectivity index (χ3v) is 2.66. The van der Waals surface area contributed by atoms with Crippen molar-refractivity contribution >= 4 is 5.78 Å². The molecule has 16 heavy (non-hydrogen) atoms. The number of carbonyl (C=O) groups is 1. The molecule has 0 aromatic heterocycles. The molecule has 0 aliphatic rings. The average Bonchev–Trinajstić information content (AvgIpc) is 2.35. The summed E-state index contributed by atoms with van der Waals surface area (Å²) in [5.41, 5.74) is 0.716. The van der Waals surface area contributed by atoms with Gasteiger partial charge in [0.05, 0.1) is 12.7 Å². The van der Waals surface area contributed by atoms with Crippen LogP contribution in [0.5, 0.6) is 0 Å². The standard InChI is InChI=1S/C13H18O3/c1-10(12(16-3)9-15-2)13(14)11-7-5-4-6-8-11/h4-8,10,12H,9H2,1-3H3. The summed E-state index contributed by atoms with van der Waals surface area (Å²) < 4.78 is 10.3. The molecule has 0 radical (unpaired) electrons. The predicted molar refractivity (Wildman–Crippen MR) is 62.6 cm³/mol. The van der Waals surface area contributed by atoms with Crippen molar-refractivity contribution in [2.45, 2.75) is 13.0 Å². The van der Waals surface area contributed by atoms with Gasteiger partial charge in [-0.15, -0.1) is 0 Å². The molecule has 0 bridgehead atoms. The number of benzene rings is 1. The van der Waals surface area contributed by atoms with Crippen LogP contribution in [-0.2, 0) is 9.47 Å². The maximum atomic E-state index is 12.1. The molecule has 0 heterocycles. The SMILES string of the molecule is COCC(OC)C(C)C(=O)c1ccccc1. The van der Waals surface area contributed by atoms with Crippen LogP contribution >= 0.6 is 0 Å². The number of methoxy groups -OCH3 is 2. The fourth-order valence-corrected chi connectivity index (χ4v) is 1.61. The largest absolute Gasteiger partial charge is 0.382 e. The Morgan fingerprint density at radius 2 is 1.88 bits per heavy atom. The second-order valence-electron chi connectivity index (χ2n) is 3.75. The van der Waals surface area contributed by atoms with Crippen molar-refractivity contribution in [1.82, 2.24) is 0 Å². The molecular weight excluding hydrogens is 204 g/mol. The number of rotatable bonds is 6. The molecule has 1 aromatic carbocycles. The summed E-state index contributed by atoms with van der Waals surface area (Å²) >= 11 is 0. The highest BCUT2D eigenvalue weighted by Gasteiger charge is 2.24. The van der Waals surface area contributed by atoms with E-state index >= 15 is 0 Å². The third kappa shape index (κ3) is 3.15. The van der Waals surface area contributed by atoms with Crippen LogP contribution in [0.25, 0.3) is 0 Å². The molecule has 2 unspecified atom stereocenters. The number of Topliss-reactive ketones (excluding diaryl/α,β-unsaturated/α-hetero) is 1. The number of hydrogen-bond donors (Lipinski definition) is 0. The molecule has 1 rings (SSSR count). The van der Waals surface area contributed by atoms with Crippen molar-refractivity contribution in [3.63, 3.8) is 0 Å². The summed E-state index contributed by atoms with van der Waals surface area (Å²) in [6.45, 7) is 2.29. The Kier molecular flexibility index (Phi) is 5.15. The first-order valence-corrected chi connectivity index (χ1v) is 5.31. The van der Waals surface area contributed by atoms with E-state index < -0.39 is 0 Å². The topological polar surface area (TPSA) is 35.5 Å². The lowest BCUT2D eigenvalue weighted by Gasteiger charge is -2.20. The van der Waals surface area contributed by atoms with Crippen LogP contribution in [0.15, 0.2) is 30.3 Å². The van der Waals surface area contributed by atoms with Gasteiger partial charge in [0.15, 0.2) is 5.78 Å². The summed E-state index contributed by atoms with van der Waals surface area (Å²) in [5.74, 6) is -0.114. The van der Waals surface area contributed by atoms with Gasteiger partial charge in [-0.25, -0.2) is 0 Å². The Hall–Kier alpha value is -1.19. The molecule has 0 amide bonds. The quantitative estimate of drug-likeness (QED) is 0.692. The van der Waals surface area contributed by atoms with Crippen LogP contribution in [0, 0.1) is 5.92 Å². The van der Waals surface area contributed by atoms with Gasteiger partial charge in [-0.2, -0.15) is 0 Å². The van der Waals surface area contributed by atoms with Crippen LogP contribution in [-0.4, -0.2) is 32.7 Å². The Morgan fingerprint density at radius 3 is 2.38 bits per heavy atom. The second-order valence-corrected chi connectivity index (χ2v) is 3.75. The smallest absolute Gasteiger partial charge is 0.168 e. The fourth-order valence-electron chi connectivity index (χ4n) is 1.61. The number of carbonyl (C=O) groups excluding carboxylic acids is 1. The number of ketones is 1. The first-order chi connectivity index (χ1) is 7.70. The van der Waals surface area contributed by atoms with E-state index in [-0.39, 0.29) is 17.8 Å². The Morgan fingerprint density at radius 1 is 1.25 bits per heavy atom. The molecule has 88 valence electrons. The highest BCUT2D eigenvalue weighted by atomic mass is 16.5. The zero-order valence-corrected chi connectivity index (χ0v) is 9.97. The van der Waals surface area contributed by atoms with E-state index in [1.165, 1.54) is 0 Å². The minimum Gasteiger partial charge on any atom is -0.382 e. The minimum absolute atomic E-state index is 0.0875. The maximum absolute atomic E-state index is 12.1. The molecular formula is C13H18O3. The summed E-state index contributed by atoms with van der Waals surface area (Å²) in [5, 5.41) is 0. The second kappa shape index (κ2) is 6.40. The van der Waals surface area contributed by atoms with Gasteiger partial charge in [0.1, 0.15) is 0 Å². The lowest BCUT2D eigenvalue weighted by Crippen LogP contribution is -2.31. The lowest BCUT2D eigenvalue weighted by molar-refractivity contribution is 0.000397. The van der Waals surface area contributed by atoms with Crippen molar-refractivity contribution in [2.24, 2.45) is 5.92 Å². The highest BCUT2D eigenvalue weighted by Crippen LogP contribution is 2.14. The van der Waals surface area contributed by atoms with Gasteiger partial charge >= 0.3 is 0 Å². The van der Waals surface area contributed by atoms with Crippen molar-refractivity contribution in [2.75, 3.05) is 20.8 Å². The van der Waals surface area contributed by atoms with Crippen LogP contribution in [0.2, 0.25) is 0 Å². The van der Waals surface area contributed by atoms with Crippen LogP contribution in [0.3, 0.4) is 0 Å². The molecule has 3 nitrogen and oxygen atoms in total. The van der Waals surface area contributed by atoms with Gasteiger partial charge in [0.2, 0.25) is 0 Å². The average molecular weight is 222 g/mol. The van der Waals surface area contributed by atoms with Crippen molar-refractivity contribution in [1.29, 1.82) is 0 Å². The Bertz CT molecular complexity index is 321. The van der Waals surface area contributed by atoms with Crippen LogP contribution in [0.4, 0.5) is 0 Å². The van der Waals surface area contributed by atoms with E-state index in [9.17, 15) is 4.79 Å². The molecule has 0 saturated heterocycles. The molecule has 0 saturated carbocycles. The van der Waals surface area contributed by atoms with E-state index in [1.54, 1.807) is 14.2 Å². The number of hydrogen-bond acceptors (Lipinski definition) is 3. The first kappa shape index (κ1) is 12.9. The summed E-state index contributed by atoms with van der Waals surface area (Å²) in [6, 6.07) is 9.25. The fraction of sp³-hybridized carbons (Fsp3) is 0.462. The van der Waals surface area contributed by atoms with E-state index in [2.05, 4.69) is 0 Å². The zero-order chi connectivity index (χ0) is 12.0. The molecule has 1 aromatic rings. The first-order valence-electron chi connectivity index (χ1n) is 5.31. The summed E-state index contributed by atoms with van der Waals surface area (Å²) in [6.07, 6.45) is -0.197. The van der Waals surface area contributed by atoms with Crippen LogP contribution < -0.4 is 0 Å². The van der Waals surface area contributed by atoms with E-state index in [0.29, 0.717) is 12.2 Å². The summed E-state index contributed by atoms with van der Waals surface area (Å²) in [4.78, 5) is 12.1. The Balaban J connectivity index is 2.73. The monoisotopic (exact) mass is 222 g/mol. The van der Waals surface area contributed by atoms with E-state index in [0.717, 1.165) is 0 Å². The summed E-state index contributed by atoms with van der Waals surface area (Å²) in [7, 11) is 3.20. The van der Waals surface area contributed by atoms with Gasteiger partial charge in [0.25, 0.3) is 0 Å². The van der Waals surface area contributed by atoms with Crippen molar-refractivity contribution < 1.29 is 14.3 Å². The van der Waals surface area contributed by atoms with E-state index in [4.69, 9.17) is 9.47 Å². The van der Waals surface area contributed by atoms with Gasteiger partial charge in [-0.3, -0.25) is 4.79 Å². The van der Waals surface area contributed by atoms with Crippen molar-refractivity contribution in [3.8, 4) is 0 Å². The maximum Gasteiger partial charge on any atom is 0.168 e. The van der Waals surface area contributed by atoms with Crippen molar-refractivity contribution in [3.05, 3.63) is 35.9 Å². The van der Waals surface area contributed by atoms with Gasteiger partial charge in [-0.05, 0) is 0 Å². The minimum atomic E-state index is -0.202. The highest BCUT2D eigenvalue weighted by molar-refractivity contribution is 5.97. The Labute approximate surface area is 96.4 Å². The molecule has 0 spiro atoms. The van der Waals surface area contributed by atoms with Gasteiger partial charge < -0.3 is 9.47 Å². The zero-order valence-electron chi connectivity index (χ0n) is 9.97. The molecule has 0 fully saturated rings. The van der Waals surface area contributed by atoms with Crippen LogP contribution in [0.1, 0.15) is 17.3 Å². The molecule has 0 aliphatic carbocycles. The van der Waals surface area contributed by atoms with E-state index in [1.807, 2.05) is 37.3 Å². The lowest BCUT2D eigenvalue weighted by atomic mass is 9.94. The molecule has 3 heteroatoms. The predicted octanol–water partition coefficient (Wildman–Crippen LogP) is 2.17. The molecule has 2 atom stereocenters. The molecule has 0 aliphatic heterocycles. The van der Waals surface area contributed by atoms with Gasteiger partial charge in [-0.1, -0.05) is 37.3 Å². The normalized spacial score (nSPS) is 14.4. The third-order valence-electron chi connectivity index (χ3n) is 2.66.